The van der Waals surface area contributed by atoms with Gasteiger partial charge >= 0.3 is 0 Å². The first-order valence-corrected chi connectivity index (χ1v) is 7.02. The molecule has 0 spiro atoms. The molecule has 1 aromatic carbocycles. The van der Waals surface area contributed by atoms with Gasteiger partial charge in [-0.05, 0) is 37.8 Å². The van der Waals surface area contributed by atoms with Gasteiger partial charge in [0.15, 0.2) is 0 Å². The summed E-state index contributed by atoms with van der Waals surface area (Å²) in [7, 11) is 0. The standard InChI is InChI=1S/C16H20N2O/c1-11-5-6-15-13(8-11)14(9-17-15)16(19)18-7-3-4-12(2)10-18/h5-6,8-9,12,17H,3-4,7,10H2,1-2H3. The van der Waals surface area contributed by atoms with Crippen LogP contribution in [0.4, 0.5) is 0 Å². The normalized spacial score (nSPS) is 19.9. The van der Waals surface area contributed by atoms with Gasteiger partial charge in [-0.1, -0.05) is 18.6 Å². The lowest BCUT2D eigenvalue weighted by Crippen LogP contribution is -2.39. The minimum Gasteiger partial charge on any atom is -0.360 e. The molecule has 3 nitrogen and oxygen atoms in total. The second-order valence-electron chi connectivity index (χ2n) is 5.75. The number of aromatic nitrogens is 1. The Balaban J connectivity index is 1.95. The Hall–Kier alpha value is -1.77. The van der Waals surface area contributed by atoms with Crippen molar-refractivity contribution in [2.45, 2.75) is 26.7 Å². The van der Waals surface area contributed by atoms with Crippen molar-refractivity contribution in [2.75, 3.05) is 13.1 Å². The van der Waals surface area contributed by atoms with E-state index in [1.807, 2.05) is 17.2 Å². The van der Waals surface area contributed by atoms with Crippen LogP contribution in [-0.2, 0) is 0 Å². The average Bonchev–Trinajstić information content (AvgIpc) is 2.80. The molecule has 1 aliphatic heterocycles. The molecule has 1 fully saturated rings. The van der Waals surface area contributed by atoms with Crippen molar-refractivity contribution >= 4 is 16.8 Å². The van der Waals surface area contributed by atoms with Crippen molar-refractivity contribution in [3.05, 3.63) is 35.5 Å². The first-order chi connectivity index (χ1) is 9.15. The highest BCUT2D eigenvalue weighted by atomic mass is 16.2. The van der Waals surface area contributed by atoms with E-state index in [0.717, 1.165) is 36.0 Å². The number of aryl methyl sites for hydroxylation is 1. The smallest absolute Gasteiger partial charge is 0.256 e. The summed E-state index contributed by atoms with van der Waals surface area (Å²) in [6, 6.07) is 6.20. The highest BCUT2D eigenvalue weighted by Crippen LogP contribution is 2.23. The molecule has 3 heteroatoms. The van der Waals surface area contributed by atoms with Crippen LogP contribution in [0.1, 0.15) is 35.7 Å². The van der Waals surface area contributed by atoms with Crippen molar-refractivity contribution in [1.29, 1.82) is 0 Å². The van der Waals surface area contributed by atoms with Crippen molar-refractivity contribution in [2.24, 2.45) is 5.92 Å². The molecule has 1 amide bonds. The Morgan fingerprint density at radius 2 is 2.26 bits per heavy atom. The molecular formula is C16H20N2O. The quantitative estimate of drug-likeness (QED) is 0.834. The summed E-state index contributed by atoms with van der Waals surface area (Å²) in [5.41, 5.74) is 3.04. The monoisotopic (exact) mass is 256 g/mol. The van der Waals surface area contributed by atoms with Crippen molar-refractivity contribution in [3.8, 4) is 0 Å². The van der Waals surface area contributed by atoms with E-state index in [9.17, 15) is 4.79 Å². The van der Waals surface area contributed by atoms with Crippen LogP contribution in [0.2, 0.25) is 0 Å². The van der Waals surface area contributed by atoms with Gasteiger partial charge in [-0.25, -0.2) is 0 Å². The number of hydrogen-bond acceptors (Lipinski definition) is 1. The zero-order valence-corrected chi connectivity index (χ0v) is 11.6. The zero-order chi connectivity index (χ0) is 13.4. The molecule has 100 valence electrons. The third-order valence-electron chi connectivity index (χ3n) is 4.01. The fourth-order valence-corrected chi connectivity index (χ4v) is 2.96. The number of nitrogens with one attached hydrogen (secondary N) is 1. The SMILES string of the molecule is Cc1ccc2[nH]cc(C(=O)N3CCCC(C)C3)c2c1. The summed E-state index contributed by atoms with van der Waals surface area (Å²) >= 11 is 0. The van der Waals surface area contributed by atoms with Gasteiger partial charge in [-0.3, -0.25) is 4.79 Å². The van der Waals surface area contributed by atoms with E-state index < -0.39 is 0 Å². The lowest BCUT2D eigenvalue weighted by Gasteiger charge is -2.30. The number of nitrogens with zero attached hydrogens (tertiary/aromatic N) is 1. The van der Waals surface area contributed by atoms with Gasteiger partial charge in [0.1, 0.15) is 0 Å². The number of carbonyl (C=O) groups excluding carboxylic acids is 1. The molecule has 3 rings (SSSR count). The first-order valence-electron chi connectivity index (χ1n) is 7.02. The highest BCUT2D eigenvalue weighted by Gasteiger charge is 2.23. The van der Waals surface area contributed by atoms with Crippen LogP contribution in [0.25, 0.3) is 10.9 Å². The second-order valence-corrected chi connectivity index (χ2v) is 5.75. The number of piperidine rings is 1. The number of aromatic amines is 1. The molecule has 1 atom stereocenters. The lowest BCUT2D eigenvalue weighted by molar-refractivity contribution is 0.0685. The molecule has 1 aromatic heterocycles. The summed E-state index contributed by atoms with van der Waals surface area (Å²) in [5.74, 6) is 0.785. The number of benzene rings is 1. The summed E-state index contributed by atoms with van der Waals surface area (Å²) in [5, 5.41) is 1.04. The van der Waals surface area contributed by atoms with Crippen LogP contribution in [-0.4, -0.2) is 28.9 Å². The van der Waals surface area contributed by atoms with Crippen LogP contribution in [0, 0.1) is 12.8 Å². The van der Waals surface area contributed by atoms with E-state index in [2.05, 4.69) is 31.0 Å². The Kier molecular flexibility index (Phi) is 3.05. The van der Waals surface area contributed by atoms with E-state index in [1.165, 1.54) is 12.0 Å². The molecular weight excluding hydrogens is 236 g/mol. The van der Waals surface area contributed by atoms with E-state index in [0.29, 0.717) is 5.92 Å². The van der Waals surface area contributed by atoms with Gasteiger partial charge < -0.3 is 9.88 Å². The van der Waals surface area contributed by atoms with Crippen molar-refractivity contribution in [3.63, 3.8) is 0 Å². The topological polar surface area (TPSA) is 36.1 Å². The maximum Gasteiger partial charge on any atom is 0.256 e. The minimum atomic E-state index is 0.170. The number of carbonyl (C=O) groups is 1. The summed E-state index contributed by atoms with van der Waals surface area (Å²) in [6.45, 7) is 6.06. The number of rotatable bonds is 1. The number of likely N-dealkylation sites (tertiary alicyclic amines) is 1. The summed E-state index contributed by atoms with van der Waals surface area (Å²) in [4.78, 5) is 17.8. The van der Waals surface area contributed by atoms with E-state index in [1.54, 1.807) is 0 Å². The molecule has 1 saturated heterocycles. The predicted molar refractivity (Wildman–Crippen MR) is 77.3 cm³/mol. The summed E-state index contributed by atoms with van der Waals surface area (Å²) < 4.78 is 0. The third kappa shape index (κ3) is 2.25. The molecule has 0 bridgehead atoms. The lowest BCUT2D eigenvalue weighted by atomic mass is 9.99. The molecule has 0 radical (unpaired) electrons. The Morgan fingerprint density at radius 3 is 3.05 bits per heavy atom. The van der Waals surface area contributed by atoms with E-state index >= 15 is 0 Å². The molecule has 0 aliphatic carbocycles. The van der Waals surface area contributed by atoms with Crippen molar-refractivity contribution < 1.29 is 4.79 Å². The number of H-pyrrole nitrogens is 1. The second kappa shape index (κ2) is 4.72. The molecule has 1 N–H and O–H groups in total. The maximum absolute atomic E-state index is 12.6. The van der Waals surface area contributed by atoms with Crippen molar-refractivity contribution in [1.82, 2.24) is 9.88 Å². The van der Waals surface area contributed by atoms with E-state index in [-0.39, 0.29) is 5.91 Å². The number of fused-ring (bicyclic) bond motifs is 1. The fourth-order valence-electron chi connectivity index (χ4n) is 2.96. The van der Waals surface area contributed by atoms with Crippen LogP contribution in [0.15, 0.2) is 24.4 Å². The molecule has 19 heavy (non-hydrogen) atoms. The van der Waals surface area contributed by atoms with Crippen LogP contribution >= 0.6 is 0 Å². The van der Waals surface area contributed by atoms with E-state index in [4.69, 9.17) is 0 Å². The highest BCUT2D eigenvalue weighted by molar-refractivity contribution is 6.06. The number of amides is 1. The Bertz CT molecular complexity index is 614. The maximum atomic E-state index is 12.6. The van der Waals surface area contributed by atoms with Crippen LogP contribution < -0.4 is 0 Å². The molecule has 2 heterocycles. The first kappa shape index (κ1) is 12.3. The van der Waals surface area contributed by atoms with Gasteiger partial charge in [0.2, 0.25) is 0 Å². The van der Waals surface area contributed by atoms with Crippen LogP contribution in [0.3, 0.4) is 0 Å². The number of hydrogen-bond donors (Lipinski definition) is 1. The Labute approximate surface area is 113 Å². The van der Waals surface area contributed by atoms with Crippen LogP contribution in [0.5, 0.6) is 0 Å². The predicted octanol–water partition coefficient (Wildman–Crippen LogP) is 3.35. The minimum absolute atomic E-state index is 0.170. The average molecular weight is 256 g/mol. The van der Waals surface area contributed by atoms with Gasteiger partial charge in [0, 0.05) is 30.2 Å². The van der Waals surface area contributed by atoms with Gasteiger partial charge in [0.25, 0.3) is 5.91 Å². The van der Waals surface area contributed by atoms with Gasteiger partial charge in [0.05, 0.1) is 5.56 Å². The zero-order valence-electron chi connectivity index (χ0n) is 11.6. The Morgan fingerprint density at radius 1 is 1.42 bits per heavy atom. The summed E-state index contributed by atoms with van der Waals surface area (Å²) in [6.07, 6.45) is 4.21. The molecule has 2 aromatic rings. The molecule has 1 aliphatic rings. The molecule has 1 unspecified atom stereocenters. The van der Waals surface area contributed by atoms with Gasteiger partial charge in [-0.2, -0.15) is 0 Å². The van der Waals surface area contributed by atoms with Gasteiger partial charge in [-0.15, -0.1) is 0 Å². The fraction of sp³-hybridized carbons (Fsp3) is 0.438. The third-order valence-corrected chi connectivity index (χ3v) is 4.01. The molecule has 0 saturated carbocycles. The largest absolute Gasteiger partial charge is 0.360 e.